The molecule has 1 amide bonds. The Labute approximate surface area is 175 Å². The van der Waals surface area contributed by atoms with Gasteiger partial charge in [-0.05, 0) is 39.8 Å². The molecule has 1 fully saturated rings. The lowest BCUT2D eigenvalue weighted by molar-refractivity contribution is -0.130. The van der Waals surface area contributed by atoms with Crippen LogP contribution < -0.4 is 4.90 Å². The molecule has 1 saturated heterocycles. The zero-order valence-corrected chi connectivity index (χ0v) is 17.8. The first kappa shape index (κ1) is 20.0. The third-order valence-electron chi connectivity index (χ3n) is 5.70. The maximum Gasteiger partial charge on any atom is 0.227 e. The van der Waals surface area contributed by atoms with Gasteiger partial charge in [0.1, 0.15) is 17.3 Å². The molecule has 0 aromatic carbocycles. The first-order valence-corrected chi connectivity index (χ1v) is 10.1. The number of aryl methyl sites for hydroxylation is 3. The third kappa shape index (κ3) is 3.90. The van der Waals surface area contributed by atoms with E-state index < -0.39 is 0 Å². The van der Waals surface area contributed by atoms with Crippen molar-refractivity contribution in [1.82, 2.24) is 25.0 Å². The van der Waals surface area contributed by atoms with Crippen LogP contribution in [0, 0.1) is 27.7 Å². The van der Waals surface area contributed by atoms with Gasteiger partial charge in [0.15, 0.2) is 5.82 Å². The van der Waals surface area contributed by atoms with Crippen LogP contribution in [0.15, 0.2) is 28.9 Å². The van der Waals surface area contributed by atoms with Gasteiger partial charge in [-0.25, -0.2) is 9.97 Å². The minimum absolute atomic E-state index is 0.105. The summed E-state index contributed by atoms with van der Waals surface area (Å²) in [6.07, 6.45) is 2.08. The Morgan fingerprint density at radius 1 is 1.03 bits per heavy atom. The fraction of sp³-hybridized carbons (Fsp3) is 0.409. The lowest BCUT2D eigenvalue weighted by Gasteiger charge is -2.36. The topological polar surface area (TPSA) is 88.3 Å². The summed E-state index contributed by atoms with van der Waals surface area (Å²) in [6.45, 7) is 10.5. The average Bonchev–Trinajstić information content (AvgIpc) is 3.08. The first-order valence-electron chi connectivity index (χ1n) is 10.1. The summed E-state index contributed by atoms with van der Waals surface area (Å²) in [4.78, 5) is 30.7. The molecule has 1 aliphatic rings. The Bertz CT molecular complexity index is 1040. The molecule has 30 heavy (non-hydrogen) atoms. The molecular weight excluding hydrogens is 380 g/mol. The lowest BCUT2D eigenvalue weighted by Crippen LogP contribution is -2.49. The van der Waals surface area contributed by atoms with Gasteiger partial charge in [-0.2, -0.15) is 0 Å². The molecular formula is C22H26N6O2. The highest BCUT2D eigenvalue weighted by Crippen LogP contribution is 2.25. The number of nitrogens with zero attached hydrogens (tertiary/aromatic N) is 6. The number of pyridine rings is 1. The Balaban J connectivity index is 1.47. The Kier molecular flexibility index (Phi) is 5.48. The van der Waals surface area contributed by atoms with Crippen LogP contribution in [0.2, 0.25) is 0 Å². The summed E-state index contributed by atoms with van der Waals surface area (Å²) >= 11 is 0. The number of amides is 1. The van der Waals surface area contributed by atoms with Crippen molar-refractivity contribution in [2.75, 3.05) is 31.1 Å². The Morgan fingerprint density at radius 2 is 1.80 bits per heavy atom. The molecule has 3 aromatic heterocycles. The SMILES string of the molecule is Cc1nc(-c2ccccn2)nc(N2CCN(C(=O)Cc3c(C)noc3C)CC2)c1C. The molecule has 0 saturated carbocycles. The van der Waals surface area contributed by atoms with E-state index in [2.05, 4.69) is 20.0 Å². The predicted octanol–water partition coefficient (Wildman–Crippen LogP) is 2.65. The van der Waals surface area contributed by atoms with E-state index in [9.17, 15) is 4.79 Å². The normalized spacial score (nSPS) is 14.3. The maximum atomic E-state index is 12.8. The molecule has 156 valence electrons. The van der Waals surface area contributed by atoms with E-state index >= 15 is 0 Å². The predicted molar refractivity (Wildman–Crippen MR) is 113 cm³/mol. The lowest BCUT2D eigenvalue weighted by atomic mass is 10.1. The molecule has 0 atom stereocenters. The van der Waals surface area contributed by atoms with E-state index in [0.29, 0.717) is 31.1 Å². The van der Waals surface area contributed by atoms with Gasteiger partial charge in [0.2, 0.25) is 5.91 Å². The van der Waals surface area contributed by atoms with Gasteiger partial charge >= 0.3 is 0 Å². The molecule has 0 unspecified atom stereocenters. The summed E-state index contributed by atoms with van der Waals surface area (Å²) in [5, 5.41) is 3.94. The molecule has 8 heteroatoms. The summed E-state index contributed by atoms with van der Waals surface area (Å²) in [5.74, 6) is 2.37. The number of carbonyl (C=O) groups is 1. The molecule has 0 spiro atoms. The summed E-state index contributed by atoms with van der Waals surface area (Å²) in [7, 11) is 0. The van der Waals surface area contributed by atoms with E-state index in [1.165, 1.54) is 0 Å². The number of piperazine rings is 1. The van der Waals surface area contributed by atoms with Crippen molar-refractivity contribution in [2.24, 2.45) is 0 Å². The zero-order chi connectivity index (χ0) is 21.3. The van der Waals surface area contributed by atoms with Crippen molar-refractivity contribution in [3.8, 4) is 11.5 Å². The van der Waals surface area contributed by atoms with Crippen LogP contribution in [0.5, 0.6) is 0 Å². The van der Waals surface area contributed by atoms with E-state index in [0.717, 1.165) is 47.1 Å². The number of carbonyl (C=O) groups excluding carboxylic acids is 1. The molecule has 4 rings (SSSR count). The number of hydrogen-bond acceptors (Lipinski definition) is 7. The van der Waals surface area contributed by atoms with Crippen LogP contribution >= 0.6 is 0 Å². The van der Waals surface area contributed by atoms with Crippen molar-refractivity contribution in [3.05, 3.63) is 52.7 Å². The van der Waals surface area contributed by atoms with Crippen LogP contribution in [0.25, 0.3) is 11.5 Å². The van der Waals surface area contributed by atoms with Gasteiger partial charge in [0.05, 0.1) is 12.1 Å². The van der Waals surface area contributed by atoms with E-state index in [-0.39, 0.29) is 5.91 Å². The average molecular weight is 406 g/mol. The fourth-order valence-corrected chi connectivity index (χ4v) is 3.72. The molecule has 3 aromatic rings. The number of aromatic nitrogens is 4. The molecule has 8 nitrogen and oxygen atoms in total. The highest BCUT2D eigenvalue weighted by atomic mass is 16.5. The second-order valence-corrected chi connectivity index (χ2v) is 7.64. The molecule has 0 N–H and O–H groups in total. The highest BCUT2D eigenvalue weighted by molar-refractivity contribution is 5.79. The minimum atomic E-state index is 0.105. The summed E-state index contributed by atoms with van der Waals surface area (Å²) in [6, 6.07) is 5.73. The van der Waals surface area contributed by atoms with Crippen molar-refractivity contribution < 1.29 is 9.32 Å². The van der Waals surface area contributed by atoms with Crippen LogP contribution in [0.1, 0.15) is 28.3 Å². The molecule has 0 bridgehead atoms. The standard InChI is InChI=1S/C22H26N6O2/c1-14-15(2)24-21(19-7-5-6-8-23-19)25-22(14)28-11-9-27(10-12-28)20(29)13-18-16(3)26-30-17(18)4/h5-8H,9-13H2,1-4H3. The monoisotopic (exact) mass is 406 g/mol. The summed E-state index contributed by atoms with van der Waals surface area (Å²) in [5.41, 5.74) is 4.44. The third-order valence-corrected chi connectivity index (χ3v) is 5.70. The van der Waals surface area contributed by atoms with Crippen molar-refractivity contribution in [3.63, 3.8) is 0 Å². The zero-order valence-electron chi connectivity index (χ0n) is 17.8. The largest absolute Gasteiger partial charge is 0.361 e. The summed E-state index contributed by atoms with van der Waals surface area (Å²) < 4.78 is 5.18. The van der Waals surface area contributed by atoms with Crippen molar-refractivity contribution in [1.29, 1.82) is 0 Å². The fourth-order valence-electron chi connectivity index (χ4n) is 3.72. The van der Waals surface area contributed by atoms with Gasteiger partial charge in [-0.15, -0.1) is 0 Å². The van der Waals surface area contributed by atoms with E-state index in [1.807, 2.05) is 50.8 Å². The quantitative estimate of drug-likeness (QED) is 0.658. The smallest absolute Gasteiger partial charge is 0.227 e. The molecule has 4 heterocycles. The van der Waals surface area contributed by atoms with Gasteiger partial charge in [0, 0.05) is 49.2 Å². The number of rotatable bonds is 4. The Morgan fingerprint density at radius 3 is 2.43 bits per heavy atom. The molecule has 0 aliphatic carbocycles. The minimum Gasteiger partial charge on any atom is -0.361 e. The number of hydrogen-bond donors (Lipinski definition) is 0. The Hall–Kier alpha value is -3.29. The van der Waals surface area contributed by atoms with Crippen LogP contribution in [-0.4, -0.2) is 57.1 Å². The van der Waals surface area contributed by atoms with Crippen LogP contribution in [0.3, 0.4) is 0 Å². The van der Waals surface area contributed by atoms with E-state index in [1.54, 1.807) is 6.20 Å². The highest BCUT2D eigenvalue weighted by Gasteiger charge is 2.25. The molecule has 1 aliphatic heterocycles. The second-order valence-electron chi connectivity index (χ2n) is 7.64. The maximum absolute atomic E-state index is 12.8. The van der Waals surface area contributed by atoms with Crippen molar-refractivity contribution >= 4 is 11.7 Å². The second kappa shape index (κ2) is 8.22. The number of anilines is 1. The van der Waals surface area contributed by atoms with Crippen molar-refractivity contribution in [2.45, 2.75) is 34.1 Å². The first-order chi connectivity index (χ1) is 14.4. The van der Waals surface area contributed by atoms with Crippen LogP contribution in [0.4, 0.5) is 5.82 Å². The van der Waals surface area contributed by atoms with Crippen LogP contribution in [-0.2, 0) is 11.2 Å². The van der Waals surface area contributed by atoms with Gasteiger partial charge in [0.25, 0.3) is 0 Å². The van der Waals surface area contributed by atoms with E-state index in [4.69, 9.17) is 9.51 Å². The van der Waals surface area contributed by atoms with Gasteiger partial charge < -0.3 is 14.3 Å². The van der Waals surface area contributed by atoms with Gasteiger partial charge in [-0.3, -0.25) is 9.78 Å². The molecule has 0 radical (unpaired) electrons. The van der Waals surface area contributed by atoms with Gasteiger partial charge in [-0.1, -0.05) is 11.2 Å².